The van der Waals surface area contributed by atoms with Gasteiger partial charge in [-0.25, -0.2) is 0 Å². The number of hydrogen-bond donors (Lipinski definition) is 1. The van der Waals surface area contributed by atoms with E-state index >= 15 is 0 Å². The molecule has 116 valence electrons. The minimum absolute atomic E-state index is 0.827. The van der Waals surface area contributed by atoms with Gasteiger partial charge in [-0.15, -0.1) is 0 Å². The van der Waals surface area contributed by atoms with Crippen LogP contribution in [-0.4, -0.2) is 48.6 Å². The van der Waals surface area contributed by atoms with Crippen LogP contribution in [0.15, 0.2) is 0 Å². The number of nitrogens with one attached hydrogen (secondary N) is 1. The number of ether oxygens (including phenoxy) is 1. The fourth-order valence-electron chi connectivity index (χ4n) is 1.82. The predicted octanol–water partition coefficient (Wildman–Crippen LogP) is 2.93. The smallest absolute Gasteiger partial charge is 0.334 e. The lowest BCUT2D eigenvalue weighted by Gasteiger charge is -2.27. The lowest BCUT2D eigenvalue weighted by Crippen LogP contribution is -2.40. The standard InChI is InChI=1S/C14H33NO3Si/c1-5-11-17-19(4,18-12-6-2)14-8-10-15-9-7-13-16-3/h15H,5-14H2,1-4H3. The van der Waals surface area contributed by atoms with E-state index in [1.54, 1.807) is 7.11 Å². The van der Waals surface area contributed by atoms with Crippen LogP contribution in [0.25, 0.3) is 0 Å². The Hall–Kier alpha value is 0.0569. The van der Waals surface area contributed by atoms with Crippen molar-refractivity contribution in [2.75, 3.05) is 40.0 Å². The SMILES string of the molecule is CCCO[Si](C)(CCCNCCCOC)OCCC. The highest BCUT2D eigenvalue weighted by atomic mass is 28.4. The lowest BCUT2D eigenvalue weighted by atomic mass is 10.4. The monoisotopic (exact) mass is 291 g/mol. The van der Waals surface area contributed by atoms with Gasteiger partial charge in [-0.2, -0.15) is 0 Å². The molecule has 0 rings (SSSR count). The highest BCUT2D eigenvalue weighted by molar-refractivity contribution is 6.66. The molecule has 19 heavy (non-hydrogen) atoms. The molecule has 0 saturated heterocycles. The molecule has 0 bridgehead atoms. The normalized spacial score (nSPS) is 12.0. The van der Waals surface area contributed by atoms with Crippen LogP contribution in [0.1, 0.15) is 39.5 Å². The summed E-state index contributed by atoms with van der Waals surface area (Å²) in [5.41, 5.74) is 0. The Kier molecular flexibility index (Phi) is 13.1. The quantitative estimate of drug-likeness (QED) is 0.394. The molecule has 0 aliphatic heterocycles. The zero-order valence-corrected chi connectivity index (χ0v) is 14.3. The molecule has 0 aromatic carbocycles. The molecule has 1 N–H and O–H groups in total. The van der Waals surface area contributed by atoms with Crippen LogP contribution < -0.4 is 5.32 Å². The Labute approximate surface area is 120 Å². The van der Waals surface area contributed by atoms with Gasteiger partial charge in [-0.1, -0.05) is 13.8 Å². The summed E-state index contributed by atoms with van der Waals surface area (Å²) in [7, 11) is -0.188. The number of rotatable bonds is 14. The van der Waals surface area contributed by atoms with E-state index in [0.717, 1.165) is 64.6 Å². The summed E-state index contributed by atoms with van der Waals surface area (Å²) in [6.07, 6.45) is 4.33. The van der Waals surface area contributed by atoms with Gasteiger partial charge in [-0.3, -0.25) is 0 Å². The maximum absolute atomic E-state index is 5.99. The summed E-state index contributed by atoms with van der Waals surface area (Å²) >= 11 is 0. The minimum atomic E-state index is -1.93. The van der Waals surface area contributed by atoms with Crippen molar-refractivity contribution in [1.82, 2.24) is 5.32 Å². The second-order valence-electron chi connectivity index (χ2n) is 5.03. The average Bonchev–Trinajstić information content (AvgIpc) is 2.42. The summed E-state index contributed by atoms with van der Waals surface area (Å²) in [5.74, 6) is 0. The maximum Gasteiger partial charge on any atom is 0.334 e. The Morgan fingerprint density at radius 1 is 0.895 bits per heavy atom. The summed E-state index contributed by atoms with van der Waals surface area (Å²) in [5, 5.41) is 3.44. The Balaban J connectivity index is 3.72. The van der Waals surface area contributed by atoms with Crippen molar-refractivity contribution < 1.29 is 13.6 Å². The van der Waals surface area contributed by atoms with Crippen molar-refractivity contribution in [2.24, 2.45) is 0 Å². The first-order valence-corrected chi connectivity index (χ1v) is 10.2. The second kappa shape index (κ2) is 13.1. The lowest BCUT2D eigenvalue weighted by molar-refractivity contribution is 0.172. The van der Waals surface area contributed by atoms with Crippen LogP contribution in [0, 0.1) is 0 Å². The van der Waals surface area contributed by atoms with Crippen molar-refractivity contribution >= 4 is 8.56 Å². The van der Waals surface area contributed by atoms with Crippen molar-refractivity contribution in [1.29, 1.82) is 0 Å². The third-order valence-corrected chi connectivity index (χ3v) is 5.80. The minimum Gasteiger partial charge on any atom is -0.394 e. The fourth-order valence-corrected chi connectivity index (χ4v) is 4.29. The predicted molar refractivity (Wildman–Crippen MR) is 82.9 cm³/mol. The number of hydrogen-bond acceptors (Lipinski definition) is 4. The van der Waals surface area contributed by atoms with Crippen LogP contribution in [-0.2, 0) is 13.6 Å². The van der Waals surface area contributed by atoms with Gasteiger partial charge in [0.25, 0.3) is 0 Å². The Bertz CT molecular complexity index is 186. The molecule has 0 aromatic rings. The molecule has 0 saturated carbocycles. The van der Waals surface area contributed by atoms with Gasteiger partial charge in [0.2, 0.25) is 0 Å². The fraction of sp³-hybridized carbons (Fsp3) is 1.00. The van der Waals surface area contributed by atoms with Crippen molar-refractivity contribution in [2.45, 2.75) is 52.1 Å². The molecule has 0 aliphatic carbocycles. The van der Waals surface area contributed by atoms with Gasteiger partial charge in [0.1, 0.15) is 0 Å². The van der Waals surface area contributed by atoms with Crippen molar-refractivity contribution in [3.63, 3.8) is 0 Å². The van der Waals surface area contributed by atoms with E-state index in [-0.39, 0.29) is 0 Å². The highest BCUT2D eigenvalue weighted by Crippen LogP contribution is 2.16. The van der Waals surface area contributed by atoms with E-state index in [1.807, 2.05) is 0 Å². The molecular formula is C14H33NO3Si. The molecule has 0 aromatic heterocycles. The summed E-state index contributed by atoms with van der Waals surface area (Å²) in [4.78, 5) is 0. The molecule has 4 nitrogen and oxygen atoms in total. The van der Waals surface area contributed by atoms with Crippen molar-refractivity contribution in [3.05, 3.63) is 0 Å². The van der Waals surface area contributed by atoms with E-state index < -0.39 is 8.56 Å². The van der Waals surface area contributed by atoms with Gasteiger partial charge in [-0.05, 0) is 51.4 Å². The molecule has 5 heteroatoms. The summed E-state index contributed by atoms with van der Waals surface area (Å²) in [6, 6.07) is 1.07. The van der Waals surface area contributed by atoms with Gasteiger partial charge in [0.15, 0.2) is 0 Å². The Morgan fingerprint density at radius 2 is 1.47 bits per heavy atom. The highest BCUT2D eigenvalue weighted by Gasteiger charge is 2.30. The topological polar surface area (TPSA) is 39.7 Å². The van der Waals surface area contributed by atoms with Crippen molar-refractivity contribution in [3.8, 4) is 0 Å². The number of methoxy groups -OCH3 is 1. The van der Waals surface area contributed by atoms with E-state index in [0.29, 0.717) is 0 Å². The van der Waals surface area contributed by atoms with E-state index in [2.05, 4.69) is 25.7 Å². The first-order chi connectivity index (χ1) is 9.18. The third-order valence-electron chi connectivity index (χ3n) is 2.91. The average molecular weight is 292 g/mol. The molecule has 0 radical (unpaired) electrons. The van der Waals surface area contributed by atoms with Gasteiger partial charge >= 0.3 is 8.56 Å². The summed E-state index contributed by atoms with van der Waals surface area (Å²) < 4.78 is 17.0. The van der Waals surface area contributed by atoms with Crippen LogP contribution in [0.4, 0.5) is 0 Å². The van der Waals surface area contributed by atoms with Gasteiger partial charge in [0.05, 0.1) is 0 Å². The zero-order chi connectivity index (χ0) is 14.4. The van der Waals surface area contributed by atoms with Crippen LogP contribution in [0.5, 0.6) is 0 Å². The first-order valence-electron chi connectivity index (χ1n) is 7.66. The van der Waals surface area contributed by atoms with Crippen LogP contribution in [0.2, 0.25) is 12.6 Å². The Morgan fingerprint density at radius 3 is 2.00 bits per heavy atom. The van der Waals surface area contributed by atoms with E-state index in [4.69, 9.17) is 13.6 Å². The molecular weight excluding hydrogens is 258 g/mol. The molecule has 0 aliphatic rings. The zero-order valence-electron chi connectivity index (χ0n) is 13.3. The maximum atomic E-state index is 5.99. The molecule has 0 atom stereocenters. The molecule has 0 fully saturated rings. The molecule has 0 heterocycles. The molecule has 0 spiro atoms. The molecule has 0 unspecified atom stereocenters. The first kappa shape index (κ1) is 19.1. The van der Waals surface area contributed by atoms with Crippen LogP contribution in [0.3, 0.4) is 0 Å². The summed E-state index contributed by atoms with van der Waals surface area (Å²) in [6.45, 7) is 11.0. The largest absolute Gasteiger partial charge is 0.394 e. The van der Waals surface area contributed by atoms with E-state index in [9.17, 15) is 0 Å². The van der Waals surface area contributed by atoms with Gasteiger partial charge in [0, 0.05) is 26.9 Å². The third kappa shape index (κ3) is 11.6. The van der Waals surface area contributed by atoms with Gasteiger partial charge < -0.3 is 18.9 Å². The molecule has 0 amide bonds. The second-order valence-corrected chi connectivity index (χ2v) is 8.38. The van der Waals surface area contributed by atoms with E-state index in [1.165, 1.54) is 0 Å². The van der Waals surface area contributed by atoms with Crippen LogP contribution >= 0.6 is 0 Å².